The summed E-state index contributed by atoms with van der Waals surface area (Å²) in [4.78, 5) is 22.4. The van der Waals surface area contributed by atoms with Crippen LogP contribution in [-0.4, -0.2) is 34.5 Å². The lowest BCUT2D eigenvalue weighted by Crippen LogP contribution is -2.06. The quantitative estimate of drug-likeness (QED) is 0.301. The highest BCUT2D eigenvalue weighted by atomic mass is 16.5. The first-order valence-electron chi connectivity index (χ1n) is 9.85. The van der Waals surface area contributed by atoms with Gasteiger partial charge in [0, 0.05) is 23.6 Å². The van der Waals surface area contributed by atoms with Crippen LogP contribution in [0.2, 0.25) is 0 Å². The smallest absolute Gasteiger partial charge is 0.342 e. The maximum atomic E-state index is 11.3. The molecule has 3 aromatic rings. The van der Waals surface area contributed by atoms with Gasteiger partial charge in [-0.05, 0) is 57.5 Å². The van der Waals surface area contributed by atoms with Gasteiger partial charge < -0.3 is 29.2 Å². The van der Waals surface area contributed by atoms with Crippen LogP contribution in [0.3, 0.4) is 0 Å². The number of carbonyl (C=O) groups is 1. The fourth-order valence-electron chi connectivity index (χ4n) is 2.72. The summed E-state index contributed by atoms with van der Waals surface area (Å²) >= 11 is 0. The number of aryl methyl sites for hydroxylation is 1. The first kappa shape index (κ1) is 24.3. The molecule has 2 aromatic carbocycles. The van der Waals surface area contributed by atoms with E-state index in [1.807, 2.05) is 19.9 Å². The molecule has 8 nitrogen and oxygen atoms in total. The Labute approximate surface area is 185 Å². The van der Waals surface area contributed by atoms with Crippen molar-refractivity contribution in [3.8, 4) is 23.0 Å². The summed E-state index contributed by atoms with van der Waals surface area (Å²) in [6, 6.07) is 8.44. The van der Waals surface area contributed by atoms with Gasteiger partial charge in [-0.3, -0.25) is 0 Å². The monoisotopic (exact) mass is 442 g/mol. The van der Waals surface area contributed by atoms with Gasteiger partial charge >= 0.3 is 11.6 Å². The highest BCUT2D eigenvalue weighted by Gasteiger charge is 2.16. The second kappa shape index (κ2) is 10.9. The Hall–Kier alpha value is -3.94. The molecule has 170 valence electrons. The number of phenols is 3. The van der Waals surface area contributed by atoms with Crippen LogP contribution in [0.15, 0.2) is 57.3 Å². The van der Waals surface area contributed by atoms with E-state index in [1.54, 1.807) is 19.9 Å². The van der Waals surface area contributed by atoms with Gasteiger partial charge in [0.25, 0.3) is 0 Å². The van der Waals surface area contributed by atoms with E-state index in [9.17, 15) is 19.8 Å². The average molecular weight is 442 g/mol. The predicted octanol–water partition coefficient (Wildman–Crippen LogP) is 4.43. The lowest BCUT2D eigenvalue weighted by Gasteiger charge is -2.07. The number of phenolic OH excluding ortho intramolecular Hbond substituents is 3. The zero-order valence-electron chi connectivity index (χ0n) is 18.3. The van der Waals surface area contributed by atoms with E-state index in [1.165, 1.54) is 24.3 Å². The van der Waals surface area contributed by atoms with E-state index >= 15 is 0 Å². The Bertz CT molecular complexity index is 1160. The number of fused-ring (bicyclic) bond motifs is 1. The molecule has 0 saturated heterocycles. The van der Waals surface area contributed by atoms with Gasteiger partial charge in [-0.1, -0.05) is 5.57 Å². The third-order valence-electron chi connectivity index (χ3n) is 4.21. The zero-order chi connectivity index (χ0) is 23.8. The lowest BCUT2D eigenvalue weighted by molar-refractivity contribution is 0.0522. The first-order chi connectivity index (χ1) is 15.1. The summed E-state index contributed by atoms with van der Waals surface area (Å²) in [6.45, 7) is 7.83. The number of esters is 1. The van der Waals surface area contributed by atoms with E-state index in [2.05, 4.69) is 0 Å². The van der Waals surface area contributed by atoms with Gasteiger partial charge in [0.05, 0.1) is 6.61 Å². The molecule has 0 atom stereocenters. The fourth-order valence-corrected chi connectivity index (χ4v) is 2.72. The molecule has 3 N–H and O–H groups in total. The van der Waals surface area contributed by atoms with Gasteiger partial charge in [0.15, 0.2) is 11.5 Å². The van der Waals surface area contributed by atoms with Crippen LogP contribution in [0.4, 0.5) is 0 Å². The topological polar surface area (TPSA) is 126 Å². The van der Waals surface area contributed by atoms with Crippen molar-refractivity contribution in [1.29, 1.82) is 0 Å². The van der Waals surface area contributed by atoms with Crippen LogP contribution >= 0.6 is 0 Å². The van der Waals surface area contributed by atoms with E-state index in [-0.39, 0.29) is 29.4 Å². The maximum absolute atomic E-state index is 11.3. The summed E-state index contributed by atoms with van der Waals surface area (Å²) in [5.41, 5.74) is 1.68. The van der Waals surface area contributed by atoms with Crippen molar-refractivity contribution in [2.45, 2.75) is 27.7 Å². The molecule has 1 aromatic heterocycles. The number of ether oxygens (including phenoxy) is 2. The zero-order valence-corrected chi connectivity index (χ0v) is 18.3. The largest absolute Gasteiger partial charge is 0.508 e. The van der Waals surface area contributed by atoms with Crippen molar-refractivity contribution in [2.24, 2.45) is 0 Å². The number of rotatable bonds is 5. The minimum atomic E-state index is -0.581. The molecule has 0 aliphatic rings. The average Bonchev–Trinajstić information content (AvgIpc) is 2.68. The van der Waals surface area contributed by atoms with Gasteiger partial charge in [0.2, 0.25) is 0 Å². The van der Waals surface area contributed by atoms with Crippen molar-refractivity contribution in [2.75, 3.05) is 13.2 Å². The van der Waals surface area contributed by atoms with Gasteiger partial charge in [0.1, 0.15) is 29.3 Å². The molecule has 8 heteroatoms. The van der Waals surface area contributed by atoms with Crippen LogP contribution in [0.25, 0.3) is 11.0 Å². The molecule has 0 aliphatic carbocycles. The lowest BCUT2D eigenvalue weighted by atomic mass is 10.1. The molecule has 0 radical (unpaired) electrons. The number of allylic oxidation sites excluding steroid dienone is 1. The Morgan fingerprint density at radius 2 is 1.78 bits per heavy atom. The highest BCUT2D eigenvalue weighted by Crippen LogP contribution is 2.31. The Morgan fingerprint density at radius 3 is 2.41 bits per heavy atom. The van der Waals surface area contributed by atoms with Gasteiger partial charge in [-0.2, -0.15) is 0 Å². The number of aromatic hydroxyl groups is 3. The molecule has 0 unspecified atom stereocenters. The Morgan fingerprint density at radius 1 is 1.06 bits per heavy atom. The van der Waals surface area contributed by atoms with Crippen molar-refractivity contribution in [3.05, 3.63) is 69.6 Å². The molecule has 0 saturated carbocycles. The van der Waals surface area contributed by atoms with Crippen molar-refractivity contribution >= 4 is 16.9 Å². The van der Waals surface area contributed by atoms with Crippen LogP contribution in [0.1, 0.15) is 36.7 Å². The fraction of sp³-hybridized carbons (Fsp3) is 0.250. The summed E-state index contributed by atoms with van der Waals surface area (Å²) in [5.74, 6) is -0.593. The summed E-state index contributed by atoms with van der Waals surface area (Å²) < 4.78 is 15.2. The summed E-state index contributed by atoms with van der Waals surface area (Å²) in [7, 11) is 0. The molecular formula is C24H26O8. The van der Waals surface area contributed by atoms with Crippen LogP contribution in [0.5, 0.6) is 23.0 Å². The second-order valence-corrected chi connectivity index (χ2v) is 7.08. The SMILES string of the molecule is CC(C)=CCOc1cc2oc(=O)ccc2cc1O.CCOC(=O)c1c(C)cc(O)cc1O. The van der Waals surface area contributed by atoms with Crippen LogP contribution < -0.4 is 10.4 Å². The standard InChI is InChI=1S/C14H14O4.C10H12O4/c1-9(2)5-6-17-13-8-12-10(7-11(13)15)3-4-14(16)18-12;1-3-14-10(13)9-6(2)4-7(11)5-8(9)12/h3-5,7-8,15H,6H2,1-2H3;4-5,11-12H,3H2,1-2H3. The predicted molar refractivity (Wildman–Crippen MR) is 120 cm³/mol. The van der Waals surface area contributed by atoms with Crippen molar-refractivity contribution in [1.82, 2.24) is 0 Å². The molecule has 3 rings (SSSR count). The molecule has 32 heavy (non-hydrogen) atoms. The third kappa shape index (κ3) is 6.53. The molecule has 0 bridgehead atoms. The normalized spacial score (nSPS) is 10.1. The van der Waals surface area contributed by atoms with E-state index < -0.39 is 11.6 Å². The molecule has 0 spiro atoms. The number of carbonyl (C=O) groups excluding carboxylic acids is 1. The second-order valence-electron chi connectivity index (χ2n) is 7.08. The number of hydrogen-bond acceptors (Lipinski definition) is 8. The third-order valence-corrected chi connectivity index (χ3v) is 4.21. The molecule has 1 heterocycles. The highest BCUT2D eigenvalue weighted by molar-refractivity contribution is 5.94. The number of benzene rings is 2. The van der Waals surface area contributed by atoms with E-state index in [0.717, 1.165) is 11.6 Å². The van der Waals surface area contributed by atoms with Crippen molar-refractivity contribution < 1.29 is 34.0 Å². The molecular weight excluding hydrogens is 416 g/mol. The van der Waals surface area contributed by atoms with E-state index in [4.69, 9.17) is 19.0 Å². The van der Waals surface area contributed by atoms with Crippen LogP contribution in [-0.2, 0) is 4.74 Å². The Balaban J connectivity index is 0.000000235. The van der Waals surface area contributed by atoms with Crippen LogP contribution in [0, 0.1) is 6.92 Å². The number of hydrogen-bond donors (Lipinski definition) is 3. The molecule has 0 aliphatic heterocycles. The summed E-state index contributed by atoms with van der Waals surface area (Å²) in [6.07, 6.45) is 1.89. The van der Waals surface area contributed by atoms with Gasteiger partial charge in [-0.15, -0.1) is 0 Å². The first-order valence-corrected chi connectivity index (χ1v) is 9.85. The minimum Gasteiger partial charge on any atom is -0.508 e. The summed E-state index contributed by atoms with van der Waals surface area (Å²) in [5, 5.41) is 29.0. The van der Waals surface area contributed by atoms with Crippen molar-refractivity contribution in [3.63, 3.8) is 0 Å². The van der Waals surface area contributed by atoms with Gasteiger partial charge in [-0.25, -0.2) is 9.59 Å². The molecule has 0 fully saturated rings. The van der Waals surface area contributed by atoms with E-state index in [0.29, 0.717) is 28.9 Å². The molecule has 0 amide bonds. The maximum Gasteiger partial charge on any atom is 0.342 e. The Kier molecular flexibility index (Phi) is 8.29. The minimum absolute atomic E-state index is 0.0264.